The van der Waals surface area contributed by atoms with Crippen molar-refractivity contribution in [2.45, 2.75) is 37.6 Å². The lowest BCUT2D eigenvalue weighted by Gasteiger charge is -2.23. The van der Waals surface area contributed by atoms with Gasteiger partial charge in [-0.2, -0.15) is 0 Å². The first kappa shape index (κ1) is 23.0. The Kier molecular flexibility index (Phi) is 7.47. The van der Waals surface area contributed by atoms with Crippen molar-refractivity contribution in [3.05, 3.63) is 58.6 Å². The fraction of sp³-hybridized carbons (Fsp3) is 0.429. The molecule has 2 aromatic carbocycles. The summed E-state index contributed by atoms with van der Waals surface area (Å²) in [5, 5.41) is 14.7. The van der Waals surface area contributed by atoms with Gasteiger partial charge in [0.05, 0.1) is 15.5 Å². The molecule has 1 aliphatic rings. The van der Waals surface area contributed by atoms with Crippen molar-refractivity contribution in [3.63, 3.8) is 0 Å². The number of rotatable bonds is 10. The second-order valence-corrected chi connectivity index (χ2v) is 9.45. The van der Waals surface area contributed by atoms with Gasteiger partial charge in [-0.15, -0.1) is 0 Å². The Balaban J connectivity index is 1.75. The van der Waals surface area contributed by atoms with E-state index >= 15 is 0 Å². The molecule has 0 aromatic heterocycles. The highest BCUT2D eigenvalue weighted by molar-refractivity contribution is 7.92. The third-order valence-electron chi connectivity index (χ3n) is 5.55. The van der Waals surface area contributed by atoms with Gasteiger partial charge in [0.15, 0.2) is 0 Å². The summed E-state index contributed by atoms with van der Waals surface area (Å²) in [4.78, 5) is 11.0. The Bertz CT molecular complexity index is 1000. The molecule has 9 nitrogen and oxygen atoms in total. The Morgan fingerprint density at radius 3 is 2.58 bits per heavy atom. The lowest BCUT2D eigenvalue weighted by molar-refractivity contribution is -0.384. The summed E-state index contributed by atoms with van der Waals surface area (Å²) in [5.41, 5.74) is 6.90. The number of anilines is 2. The molecule has 168 valence electrons. The fourth-order valence-electron chi connectivity index (χ4n) is 3.77. The summed E-state index contributed by atoms with van der Waals surface area (Å²) in [7, 11) is -3.93. The largest absolute Gasteiger partial charge is 0.379 e. The molecule has 0 spiro atoms. The number of nitro benzene ring substituents is 1. The third-order valence-corrected chi connectivity index (χ3v) is 7.45. The summed E-state index contributed by atoms with van der Waals surface area (Å²) in [6.07, 6.45) is 1.84. The highest BCUT2D eigenvalue weighted by Crippen LogP contribution is 2.31. The number of para-hydroxylation sites is 1. The second kappa shape index (κ2) is 10.1. The van der Waals surface area contributed by atoms with E-state index in [9.17, 15) is 18.5 Å². The summed E-state index contributed by atoms with van der Waals surface area (Å²) in [6.45, 7) is 5.54. The number of nitrogens with one attached hydrogen (secondary N) is 3. The molecule has 31 heavy (non-hydrogen) atoms. The minimum Gasteiger partial charge on any atom is -0.379 e. The SMILES string of the molecule is CCN(c1ccccc1)S(=O)(=O)c1ccc(NCCCC2CNNC2C)c([N+](=O)[O-])c1. The number of nitro groups is 1. The van der Waals surface area contributed by atoms with Crippen molar-refractivity contribution in [3.8, 4) is 0 Å². The molecule has 1 fully saturated rings. The van der Waals surface area contributed by atoms with Gasteiger partial charge in [-0.05, 0) is 56.9 Å². The predicted octanol–water partition coefficient (Wildman–Crippen LogP) is 3.11. The quantitative estimate of drug-likeness (QED) is 0.291. The van der Waals surface area contributed by atoms with E-state index in [1.807, 2.05) is 0 Å². The third kappa shape index (κ3) is 5.33. The second-order valence-electron chi connectivity index (χ2n) is 7.58. The minimum absolute atomic E-state index is 0.104. The summed E-state index contributed by atoms with van der Waals surface area (Å²) >= 11 is 0. The minimum atomic E-state index is -3.93. The van der Waals surface area contributed by atoms with E-state index in [4.69, 9.17) is 0 Å². The number of benzene rings is 2. The van der Waals surface area contributed by atoms with Crippen LogP contribution in [-0.2, 0) is 10.0 Å². The monoisotopic (exact) mass is 447 g/mol. The van der Waals surface area contributed by atoms with Crippen molar-refractivity contribution < 1.29 is 13.3 Å². The number of hydrogen-bond acceptors (Lipinski definition) is 7. The van der Waals surface area contributed by atoms with Gasteiger partial charge in [0.1, 0.15) is 5.69 Å². The van der Waals surface area contributed by atoms with Crippen LogP contribution in [0.1, 0.15) is 26.7 Å². The first-order chi connectivity index (χ1) is 14.8. The number of sulfonamides is 1. The first-order valence-electron chi connectivity index (χ1n) is 10.4. The van der Waals surface area contributed by atoms with Crippen LogP contribution < -0.4 is 20.5 Å². The van der Waals surface area contributed by atoms with Crippen molar-refractivity contribution in [2.24, 2.45) is 5.92 Å². The maximum Gasteiger partial charge on any atom is 0.293 e. The zero-order valence-corrected chi connectivity index (χ0v) is 18.6. The predicted molar refractivity (Wildman–Crippen MR) is 122 cm³/mol. The van der Waals surface area contributed by atoms with Gasteiger partial charge in [-0.3, -0.25) is 25.3 Å². The van der Waals surface area contributed by atoms with Crippen molar-refractivity contribution in [1.29, 1.82) is 0 Å². The molecule has 0 radical (unpaired) electrons. The van der Waals surface area contributed by atoms with Crippen LogP contribution in [0.2, 0.25) is 0 Å². The zero-order chi connectivity index (χ0) is 22.4. The summed E-state index contributed by atoms with van der Waals surface area (Å²) in [6, 6.07) is 13.1. The molecule has 0 aliphatic carbocycles. The molecule has 0 saturated carbocycles. The zero-order valence-electron chi connectivity index (χ0n) is 17.7. The van der Waals surface area contributed by atoms with Gasteiger partial charge in [-0.1, -0.05) is 18.2 Å². The van der Waals surface area contributed by atoms with Gasteiger partial charge in [0.25, 0.3) is 15.7 Å². The topological polar surface area (TPSA) is 117 Å². The molecule has 1 heterocycles. The van der Waals surface area contributed by atoms with E-state index in [0.717, 1.165) is 25.5 Å². The molecule has 0 amide bonds. The molecular formula is C21H29N5O4S. The van der Waals surface area contributed by atoms with Crippen molar-refractivity contribution in [2.75, 3.05) is 29.3 Å². The van der Waals surface area contributed by atoms with Crippen LogP contribution in [0.3, 0.4) is 0 Å². The van der Waals surface area contributed by atoms with Crippen molar-refractivity contribution in [1.82, 2.24) is 10.9 Å². The van der Waals surface area contributed by atoms with Crippen LogP contribution >= 0.6 is 0 Å². The molecule has 3 rings (SSSR count). The molecule has 0 bridgehead atoms. The van der Waals surface area contributed by atoms with Crippen LogP contribution in [0, 0.1) is 16.0 Å². The summed E-state index contributed by atoms with van der Waals surface area (Å²) < 4.78 is 27.6. The van der Waals surface area contributed by atoms with Gasteiger partial charge in [0.2, 0.25) is 0 Å². The molecule has 1 saturated heterocycles. The molecular weight excluding hydrogens is 418 g/mol. The number of hydrazine groups is 1. The highest BCUT2D eigenvalue weighted by Gasteiger charge is 2.27. The molecule has 2 unspecified atom stereocenters. The molecule has 1 aliphatic heterocycles. The van der Waals surface area contributed by atoms with Crippen molar-refractivity contribution >= 4 is 27.1 Å². The van der Waals surface area contributed by atoms with Gasteiger partial charge >= 0.3 is 0 Å². The average molecular weight is 448 g/mol. The number of nitrogens with zero attached hydrogens (tertiary/aromatic N) is 2. The molecule has 10 heteroatoms. The maximum atomic E-state index is 13.2. The van der Waals surface area contributed by atoms with E-state index in [1.54, 1.807) is 37.3 Å². The standard InChI is InChI=1S/C21H29N5O4S/c1-3-25(18-9-5-4-6-10-18)31(29,30)19-11-12-20(21(14-19)26(27)28)22-13-7-8-17-15-23-24-16(17)2/h4-6,9-12,14,16-17,22-24H,3,7-8,13,15H2,1-2H3. The smallest absolute Gasteiger partial charge is 0.293 e. The summed E-state index contributed by atoms with van der Waals surface area (Å²) in [5.74, 6) is 0.516. The molecule has 2 aromatic rings. The first-order valence-corrected chi connectivity index (χ1v) is 11.9. The van der Waals surface area contributed by atoms with Gasteiger partial charge in [0, 0.05) is 31.7 Å². The van der Waals surface area contributed by atoms with E-state index < -0.39 is 14.9 Å². The number of hydrogen-bond donors (Lipinski definition) is 3. The Labute approximate surface area is 183 Å². The maximum absolute atomic E-state index is 13.2. The normalized spacial score (nSPS) is 18.6. The van der Waals surface area contributed by atoms with Crippen LogP contribution in [0.4, 0.5) is 17.1 Å². The average Bonchev–Trinajstić information content (AvgIpc) is 3.17. The Hall–Kier alpha value is -2.69. The van der Waals surface area contributed by atoms with E-state index in [0.29, 0.717) is 29.9 Å². The van der Waals surface area contributed by atoms with E-state index in [1.165, 1.54) is 16.4 Å². The lowest BCUT2D eigenvalue weighted by atomic mass is 9.98. The molecule has 2 atom stereocenters. The lowest BCUT2D eigenvalue weighted by Crippen LogP contribution is -2.30. The fourth-order valence-corrected chi connectivity index (χ4v) is 5.26. The van der Waals surface area contributed by atoms with Gasteiger partial charge in [-0.25, -0.2) is 8.42 Å². The Morgan fingerprint density at radius 1 is 1.23 bits per heavy atom. The van der Waals surface area contributed by atoms with Crippen LogP contribution in [0.25, 0.3) is 0 Å². The van der Waals surface area contributed by atoms with E-state index in [-0.39, 0.29) is 17.1 Å². The van der Waals surface area contributed by atoms with Gasteiger partial charge < -0.3 is 5.32 Å². The van der Waals surface area contributed by atoms with Crippen LogP contribution in [0.5, 0.6) is 0 Å². The molecule has 3 N–H and O–H groups in total. The van der Waals surface area contributed by atoms with Crippen LogP contribution in [0.15, 0.2) is 53.4 Å². The van der Waals surface area contributed by atoms with E-state index in [2.05, 4.69) is 23.1 Å². The Morgan fingerprint density at radius 2 is 1.97 bits per heavy atom. The highest BCUT2D eigenvalue weighted by atomic mass is 32.2. The van der Waals surface area contributed by atoms with Crippen LogP contribution in [-0.4, -0.2) is 39.0 Å².